The van der Waals surface area contributed by atoms with Gasteiger partial charge >= 0.3 is 6.36 Å². The van der Waals surface area contributed by atoms with Crippen LogP contribution in [-0.2, 0) is 0 Å². The second kappa shape index (κ2) is 2.73. The first-order valence-electron chi connectivity index (χ1n) is 2.63. The van der Waals surface area contributed by atoms with E-state index in [4.69, 9.17) is 0 Å². The Kier molecular flexibility index (Phi) is 2.08. The molecule has 1 radical (unpaired) electrons. The summed E-state index contributed by atoms with van der Waals surface area (Å²) in [6.45, 7) is 3.44. The molecular formula is C6H4F3OS. The smallest absolute Gasteiger partial charge is 0.405 e. The first-order chi connectivity index (χ1) is 4.97. The predicted molar refractivity (Wildman–Crippen MR) is 35.5 cm³/mol. The Morgan fingerprint density at radius 3 is 2.45 bits per heavy atom. The molecule has 0 aliphatic heterocycles. The Morgan fingerprint density at radius 2 is 2.09 bits per heavy atom. The summed E-state index contributed by atoms with van der Waals surface area (Å²) in [5.41, 5.74) is 0. The molecule has 1 heterocycles. The zero-order valence-electron chi connectivity index (χ0n) is 5.31. The molecule has 0 unspecified atom stereocenters. The van der Waals surface area contributed by atoms with Crippen LogP contribution in [0.2, 0.25) is 0 Å². The molecule has 0 N–H and O–H groups in total. The van der Waals surface area contributed by atoms with Crippen molar-refractivity contribution in [1.29, 1.82) is 0 Å². The molecule has 61 valence electrons. The third kappa shape index (κ3) is 2.80. The average Bonchev–Trinajstić information content (AvgIpc) is 2.10. The number of ether oxygens (including phenoxy) is 1. The molecule has 0 amide bonds. The van der Waals surface area contributed by atoms with Gasteiger partial charge in [-0.15, -0.1) is 24.5 Å². The fraction of sp³-hybridized carbons (Fsp3) is 0.167. The van der Waals surface area contributed by atoms with Crippen molar-refractivity contribution < 1.29 is 17.9 Å². The molecule has 11 heavy (non-hydrogen) atoms. The van der Waals surface area contributed by atoms with Crippen LogP contribution in [0.4, 0.5) is 13.2 Å². The molecule has 1 aromatic rings. The van der Waals surface area contributed by atoms with E-state index in [1.807, 2.05) is 0 Å². The third-order valence-corrected chi connectivity index (χ3v) is 1.63. The molecular weight excluding hydrogens is 177 g/mol. The molecule has 0 spiro atoms. The van der Waals surface area contributed by atoms with E-state index in [1.54, 1.807) is 0 Å². The standard InChI is InChI=1S/C6H4F3OS/c1-4-2-5(3-11-4)10-6(7,8)9/h2-3H,1H2. The van der Waals surface area contributed by atoms with Gasteiger partial charge in [0.25, 0.3) is 0 Å². The number of hydrogen-bond acceptors (Lipinski definition) is 2. The van der Waals surface area contributed by atoms with E-state index in [9.17, 15) is 13.2 Å². The maximum Gasteiger partial charge on any atom is 0.573 e. The maximum absolute atomic E-state index is 11.5. The van der Waals surface area contributed by atoms with Crippen LogP contribution in [0.5, 0.6) is 5.75 Å². The van der Waals surface area contributed by atoms with Crippen molar-refractivity contribution in [2.24, 2.45) is 0 Å². The van der Waals surface area contributed by atoms with Crippen LogP contribution in [-0.4, -0.2) is 6.36 Å². The molecule has 0 saturated heterocycles. The van der Waals surface area contributed by atoms with Crippen molar-refractivity contribution in [3.63, 3.8) is 0 Å². The molecule has 0 aromatic carbocycles. The van der Waals surface area contributed by atoms with Gasteiger partial charge in [0, 0.05) is 10.3 Å². The summed E-state index contributed by atoms with van der Waals surface area (Å²) < 4.78 is 38.1. The highest BCUT2D eigenvalue weighted by Crippen LogP contribution is 2.26. The van der Waals surface area contributed by atoms with Gasteiger partial charge in [0.05, 0.1) is 0 Å². The van der Waals surface area contributed by atoms with Gasteiger partial charge in [-0.3, -0.25) is 0 Å². The van der Waals surface area contributed by atoms with E-state index in [0.29, 0.717) is 4.88 Å². The monoisotopic (exact) mass is 181 g/mol. The Bertz CT molecular complexity index is 240. The lowest BCUT2D eigenvalue weighted by molar-refractivity contribution is -0.274. The molecule has 0 atom stereocenters. The van der Waals surface area contributed by atoms with Crippen molar-refractivity contribution >= 4 is 11.3 Å². The summed E-state index contributed by atoms with van der Waals surface area (Å²) >= 11 is 1.11. The summed E-state index contributed by atoms with van der Waals surface area (Å²) in [6.07, 6.45) is -4.60. The van der Waals surface area contributed by atoms with Crippen LogP contribution in [0.15, 0.2) is 11.4 Å². The summed E-state index contributed by atoms with van der Waals surface area (Å²) in [4.78, 5) is 0.546. The van der Waals surface area contributed by atoms with Crippen LogP contribution in [0.3, 0.4) is 0 Å². The zero-order valence-corrected chi connectivity index (χ0v) is 6.13. The van der Waals surface area contributed by atoms with Gasteiger partial charge < -0.3 is 4.74 Å². The van der Waals surface area contributed by atoms with Gasteiger partial charge in [-0.05, 0) is 13.0 Å². The average molecular weight is 181 g/mol. The SMILES string of the molecule is [CH2]c1cc(OC(F)(F)F)cs1. The normalized spacial score (nSPS) is 11.6. The van der Waals surface area contributed by atoms with Crippen molar-refractivity contribution in [2.75, 3.05) is 0 Å². The molecule has 0 bridgehead atoms. The Morgan fingerprint density at radius 1 is 1.45 bits per heavy atom. The fourth-order valence-electron chi connectivity index (χ4n) is 0.548. The number of halogens is 3. The van der Waals surface area contributed by atoms with Crippen LogP contribution >= 0.6 is 11.3 Å². The fourth-order valence-corrected chi connectivity index (χ4v) is 1.12. The van der Waals surface area contributed by atoms with E-state index in [2.05, 4.69) is 11.7 Å². The van der Waals surface area contributed by atoms with Gasteiger partial charge in [-0.2, -0.15) is 0 Å². The first kappa shape index (κ1) is 8.39. The Balaban J connectivity index is 2.65. The summed E-state index contributed by atoms with van der Waals surface area (Å²) in [5.74, 6) is -0.201. The lowest BCUT2D eigenvalue weighted by atomic mass is 10.5. The van der Waals surface area contributed by atoms with Gasteiger partial charge in [-0.1, -0.05) is 0 Å². The van der Waals surface area contributed by atoms with Crippen LogP contribution in [0.1, 0.15) is 4.88 Å². The molecule has 0 saturated carbocycles. The number of alkyl halides is 3. The molecule has 5 heteroatoms. The minimum absolute atomic E-state index is 0.201. The van der Waals surface area contributed by atoms with Crippen molar-refractivity contribution in [1.82, 2.24) is 0 Å². The summed E-state index contributed by atoms with van der Waals surface area (Å²) in [5, 5.41) is 1.26. The topological polar surface area (TPSA) is 9.23 Å². The molecule has 0 aliphatic rings. The van der Waals surface area contributed by atoms with Gasteiger partial charge in [0.2, 0.25) is 0 Å². The van der Waals surface area contributed by atoms with Gasteiger partial charge in [-0.25, -0.2) is 0 Å². The molecule has 0 aliphatic carbocycles. The number of thiophene rings is 1. The highest BCUT2D eigenvalue weighted by atomic mass is 32.1. The molecule has 1 nitrogen and oxygen atoms in total. The lowest BCUT2D eigenvalue weighted by Crippen LogP contribution is -2.16. The van der Waals surface area contributed by atoms with E-state index in [-0.39, 0.29) is 5.75 Å². The van der Waals surface area contributed by atoms with Crippen LogP contribution in [0.25, 0.3) is 0 Å². The minimum Gasteiger partial charge on any atom is -0.405 e. The predicted octanol–water partition coefficient (Wildman–Crippen LogP) is 2.83. The van der Waals surface area contributed by atoms with Crippen molar-refractivity contribution in [2.45, 2.75) is 6.36 Å². The van der Waals surface area contributed by atoms with Crippen molar-refractivity contribution in [3.05, 3.63) is 23.2 Å². The second-order valence-corrected chi connectivity index (χ2v) is 2.79. The maximum atomic E-state index is 11.5. The highest BCUT2D eigenvalue weighted by Gasteiger charge is 2.31. The minimum atomic E-state index is -4.60. The van der Waals surface area contributed by atoms with E-state index in [1.165, 1.54) is 11.4 Å². The lowest BCUT2D eigenvalue weighted by Gasteiger charge is -2.05. The van der Waals surface area contributed by atoms with Crippen molar-refractivity contribution in [3.8, 4) is 5.75 Å². The van der Waals surface area contributed by atoms with E-state index in [0.717, 1.165) is 11.3 Å². The quantitative estimate of drug-likeness (QED) is 0.647. The van der Waals surface area contributed by atoms with E-state index >= 15 is 0 Å². The van der Waals surface area contributed by atoms with Gasteiger partial charge in [0.1, 0.15) is 5.75 Å². The third-order valence-electron chi connectivity index (χ3n) is 0.863. The Labute approximate surface area is 65.4 Å². The summed E-state index contributed by atoms with van der Waals surface area (Å²) in [7, 11) is 0. The number of rotatable bonds is 1. The Hall–Kier alpha value is -0.710. The first-order valence-corrected chi connectivity index (χ1v) is 3.51. The number of hydrogen-bond donors (Lipinski definition) is 0. The molecule has 0 fully saturated rings. The molecule has 1 rings (SSSR count). The zero-order chi connectivity index (χ0) is 8.48. The van der Waals surface area contributed by atoms with Crippen LogP contribution in [0, 0.1) is 6.92 Å². The largest absolute Gasteiger partial charge is 0.573 e. The summed E-state index contributed by atoms with van der Waals surface area (Å²) in [6, 6.07) is 1.23. The highest BCUT2D eigenvalue weighted by molar-refractivity contribution is 7.10. The van der Waals surface area contributed by atoms with Gasteiger partial charge in [0.15, 0.2) is 0 Å². The molecule has 1 aromatic heterocycles. The second-order valence-electron chi connectivity index (χ2n) is 1.80. The van der Waals surface area contributed by atoms with Crippen LogP contribution < -0.4 is 4.74 Å². The van der Waals surface area contributed by atoms with E-state index < -0.39 is 6.36 Å².